The van der Waals surface area contributed by atoms with E-state index in [1.165, 1.54) is 12.5 Å². The van der Waals surface area contributed by atoms with Gasteiger partial charge in [0.05, 0.1) is 5.69 Å². The lowest BCUT2D eigenvalue weighted by atomic mass is 10.0. The van der Waals surface area contributed by atoms with Gasteiger partial charge in [-0.25, -0.2) is 0 Å². The average Bonchev–Trinajstić information content (AvgIpc) is 2.18. The van der Waals surface area contributed by atoms with Crippen LogP contribution in [0.25, 0.3) is 0 Å². The summed E-state index contributed by atoms with van der Waals surface area (Å²) in [7, 11) is 0. The SMILES string of the molecule is CC(=O)Oc1cccc2c1NCCC2. The van der Waals surface area contributed by atoms with Crippen LogP contribution < -0.4 is 10.1 Å². The molecule has 1 aromatic carbocycles. The molecule has 0 radical (unpaired) electrons. The predicted molar refractivity (Wildman–Crippen MR) is 54.6 cm³/mol. The Kier molecular flexibility index (Phi) is 2.39. The van der Waals surface area contributed by atoms with Crippen molar-refractivity contribution in [1.29, 1.82) is 0 Å². The summed E-state index contributed by atoms with van der Waals surface area (Å²) in [5.74, 6) is 0.375. The molecule has 1 aromatic rings. The molecule has 14 heavy (non-hydrogen) atoms. The van der Waals surface area contributed by atoms with E-state index < -0.39 is 0 Å². The first-order valence-corrected chi connectivity index (χ1v) is 4.81. The zero-order chi connectivity index (χ0) is 9.97. The number of ether oxygens (including phenoxy) is 1. The molecule has 0 bridgehead atoms. The number of rotatable bonds is 1. The largest absolute Gasteiger partial charge is 0.424 e. The van der Waals surface area contributed by atoms with Crippen LogP contribution in [0.2, 0.25) is 0 Å². The Bertz CT molecular complexity index is 360. The molecule has 0 aromatic heterocycles. The summed E-state index contributed by atoms with van der Waals surface area (Å²) in [6.07, 6.45) is 2.19. The molecule has 3 heteroatoms. The molecule has 0 saturated carbocycles. The van der Waals surface area contributed by atoms with E-state index in [-0.39, 0.29) is 5.97 Å². The maximum atomic E-state index is 10.8. The molecule has 0 atom stereocenters. The maximum Gasteiger partial charge on any atom is 0.308 e. The van der Waals surface area contributed by atoms with Crippen LogP contribution in [0, 0.1) is 0 Å². The van der Waals surface area contributed by atoms with Gasteiger partial charge in [0.2, 0.25) is 0 Å². The Labute approximate surface area is 83.1 Å². The summed E-state index contributed by atoms with van der Waals surface area (Å²) in [5, 5.41) is 3.26. The van der Waals surface area contributed by atoms with Crippen LogP contribution in [-0.4, -0.2) is 12.5 Å². The molecule has 1 aliphatic heterocycles. The number of carbonyl (C=O) groups is 1. The highest BCUT2D eigenvalue weighted by atomic mass is 16.5. The van der Waals surface area contributed by atoms with Gasteiger partial charge >= 0.3 is 5.97 Å². The molecule has 1 aliphatic rings. The Morgan fingerprint density at radius 2 is 2.36 bits per heavy atom. The molecule has 0 unspecified atom stereocenters. The Morgan fingerprint density at radius 3 is 3.14 bits per heavy atom. The number of fused-ring (bicyclic) bond motifs is 1. The van der Waals surface area contributed by atoms with Crippen molar-refractivity contribution in [2.45, 2.75) is 19.8 Å². The van der Waals surface area contributed by atoms with Gasteiger partial charge in [0.15, 0.2) is 5.75 Å². The highest BCUT2D eigenvalue weighted by molar-refractivity contribution is 5.74. The molecule has 0 saturated heterocycles. The Hall–Kier alpha value is -1.51. The molecule has 74 valence electrons. The fraction of sp³-hybridized carbons (Fsp3) is 0.364. The van der Waals surface area contributed by atoms with Gasteiger partial charge in [0.25, 0.3) is 0 Å². The number of hydrogen-bond acceptors (Lipinski definition) is 3. The summed E-state index contributed by atoms with van der Waals surface area (Å²) in [4.78, 5) is 10.8. The number of anilines is 1. The summed E-state index contributed by atoms with van der Waals surface area (Å²) in [5.41, 5.74) is 2.21. The van der Waals surface area contributed by atoms with Crippen LogP contribution in [-0.2, 0) is 11.2 Å². The van der Waals surface area contributed by atoms with E-state index in [4.69, 9.17) is 4.74 Å². The second kappa shape index (κ2) is 3.70. The lowest BCUT2D eigenvalue weighted by molar-refractivity contribution is -0.131. The molecule has 1 N–H and O–H groups in total. The second-order valence-corrected chi connectivity index (χ2v) is 3.41. The highest BCUT2D eigenvalue weighted by Gasteiger charge is 2.13. The minimum atomic E-state index is -0.272. The number of nitrogens with one attached hydrogen (secondary N) is 1. The number of hydrogen-bond donors (Lipinski definition) is 1. The quantitative estimate of drug-likeness (QED) is 0.544. The fourth-order valence-corrected chi connectivity index (χ4v) is 1.72. The number of benzene rings is 1. The van der Waals surface area contributed by atoms with Crippen molar-refractivity contribution in [1.82, 2.24) is 0 Å². The highest BCUT2D eigenvalue weighted by Crippen LogP contribution is 2.31. The van der Waals surface area contributed by atoms with Crippen LogP contribution in [0.5, 0.6) is 5.75 Å². The van der Waals surface area contributed by atoms with Crippen molar-refractivity contribution in [2.75, 3.05) is 11.9 Å². The van der Waals surface area contributed by atoms with Crippen molar-refractivity contribution < 1.29 is 9.53 Å². The first-order valence-electron chi connectivity index (χ1n) is 4.81. The van der Waals surface area contributed by atoms with Gasteiger partial charge in [0, 0.05) is 13.5 Å². The molecule has 0 fully saturated rings. The van der Waals surface area contributed by atoms with Crippen LogP contribution in [0.3, 0.4) is 0 Å². The maximum absolute atomic E-state index is 10.8. The summed E-state index contributed by atoms with van der Waals surface area (Å²) in [6, 6.07) is 5.80. The monoisotopic (exact) mass is 191 g/mol. The fourth-order valence-electron chi connectivity index (χ4n) is 1.72. The van der Waals surface area contributed by atoms with E-state index in [2.05, 4.69) is 11.4 Å². The normalized spacial score (nSPS) is 14.1. The van der Waals surface area contributed by atoms with E-state index in [9.17, 15) is 4.79 Å². The molecule has 0 spiro atoms. The minimum absolute atomic E-state index is 0.272. The summed E-state index contributed by atoms with van der Waals surface area (Å²) in [6.45, 7) is 2.37. The van der Waals surface area contributed by atoms with Gasteiger partial charge in [-0.1, -0.05) is 12.1 Å². The van der Waals surface area contributed by atoms with E-state index in [1.807, 2.05) is 12.1 Å². The predicted octanol–water partition coefficient (Wildman–Crippen LogP) is 1.97. The smallest absolute Gasteiger partial charge is 0.308 e. The third kappa shape index (κ3) is 1.71. The average molecular weight is 191 g/mol. The zero-order valence-electron chi connectivity index (χ0n) is 8.17. The van der Waals surface area contributed by atoms with Crippen molar-refractivity contribution in [3.63, 3.8) is 0 Å². The standard InChI is InChI=1S/C11H13NO2/c1-8(13)14-10-6-2-4-9-5-3-7-12-11(9)10/h2,4,6,12H,3,5,7H2,1H3. The molecule has 0 amide bonds. The zero-order valence-corrected chi connectivity index (χ0v) is 8.17. The Morgan fingerprint density at radius 1 is 1.50 bits per heavy atom. The van der Waals surface area contributed by atoms with E-state index in [0.717, 1.165) is 25.1 Å². The molecule has 2 rings (SSSR count). The van der Waals surface area contributed by atoms with E-state index in [0.29, 0.717) is 5.75 Å². The summed E-state index contributed by atoms with van der Waals surface area (Å²) < 4.78 is 5.11. The van der Waals surface area contributed by atoms with Gasteiger partial charge in [-0.15, -0.1) is 0 Å². The van der Waals surface area contributed by atoms with Crippen LogP contribution in [0.1, 0.15) is 18.9 Å². The minimum Gasteiger partial charge on any atom is -0.424 e. The van der Waals surface area contributed by atoms with Crippen molar-refractivity contribution >= 4 is 11.7 Å². The van der Waals surface area contributed by atoms with Gasteiger partial charge in [-0.2, -0.15) is 0 Å². The van der Waals surface area contributed by atoms with Crippen molar-refractivity contribution in [3.8, 4) is 5.75 Å². The number of carbonyl (C=O) groups excluding carboxylic acids is 1. The molecular formula is C11H13NO2. The lowest BCUT2D eigenvalue weighted by Gasteiger charge is -2.20. The van der Waals surface area contributed by atoms with Crippen molar-refractivity contribution in [2.24, 2.45) is 0 Å². The first-order chi connectivity index (χ1) is 6.77. The first kappa shape index (κ1) is 9.06. The van der Waals surface area contributed by atoms with Gasteiger partial charge in [0.1, 0.15) is 0 Å². The molecule has 3 nitrogen and oxygen atoms in total. The third-order valence-electron chi connectivity index (χ3n) is 2.29. The summed E-state index contributed by atoms with van der Waals surface area (Å²) >= 11 is 0. The topological polar surface area (TPSA) is 38.3 Å². The van der Waals surface area contributed by atoms with Gasteiger partial charge < -0.3 is 10.1 Å². The van der Waals surface area contributed by atoms with Crippen molar-refractivity contribution in [3.05, 3.63) is 23.8 Å². The van der Waals surface area contributed by atoms with Gasteiger partial charge in [-0.05, 0) is 24.5 Å². The van der Waals surface area contributed by atoms with E-state index in [1.54, 1.807) is 0 Å². The number of esters is 1. The molecular weight excluding hydrogens is 178 g/mol. The number of para-hydroxylation sites is 1. The van der Waals surface area contributed by atoms with Crippen LogP contribution >= 0.6 is 0 Å². The van der Waals surface area contributed by atoms with Crippen LogP contribution in [0.4, 0.5) is 5.69 Å². The number of aryl methyl sites for hydroxylation is 1. The Balaban J connectivity index is 2.35. The van der Waals surface area contributed by atoms with Gasteiger partial charge in [-0.3, -0.25) is 4.79 Å². The van der Waals surface area contributed by atoms with E-state index >= 15 is 0 Å². The molecule has 0 aliphatic carbocycles. The lowest BCUT2D eigenvalue weighted by Crippen LogP contribution is -2.14. The van der Waals surface area contributed by atoms with Crippen LogP contribution in [0.15, 0.2) is 18.2 Å². The molecule has 1 heterocycles. The third-order valence-corrected chi connectivity index (χ3v) is 2.29. The second-order valence-electron chi connectivity index (χ2n) is 3.41.